The fourth-order valence-corrected chi connectivity index (χ4v) is 2.97. The molecule has 3 aromatic rings. The Bertz CT molecular complexity index is 1010. The third kappa shape index (κ3) is 6.71. The minimum absolute atomic E-state index is 0.0406. The van der Waals surface area contributed by atoms with E-state index in [1.165, 1.54) is 5.56 Å². The molecule has 0 unspecified atom stereocenters. The average molecular weight is 417 g/mol. The van der Waals surface area contributed by atoms with Gasteiger partial charge < -0.3 is 15.4 Å². The van der Waals surface area contributed by atoms with Crippen molar-refractivity contribution >= 4 is 17.5 Å². The first kappa shape index (κ1) is 22.1. The molecule has 3 rings (SSSR count). The van der Waals surface area contributed by atoms with Gasteiger partial charge in [-0.05, 0) is 59.5 Å². The van der Waals surface area contributed by atoms with Crippen LogP contribution in [-0.4, -0.2) is 18.4 Å². The van der Waals surface area contributed by atoms with Gasteiger partial charge in [0.25, 0.3) is 5.91 Å². The Balaban J connectivity index is 1.43. The van der Waals surface area contributed by atoms with Crippen molar-refractivity contribution in [2.75, 3.05) is 11.9 Å². The first-order chi connectivity index (χ1) is 14.8. The standard InChI is InChI=1S/C26H28N2O3/c1-26(2,3)20-11-9-19(10-12-20)25(30)27-18-17-24(29)28-21-13-15-23(16-14-21)31-22-7-5-4-6-8-22/h4-16H,17-18H2,1-3H3,(H,27,30)(H,28,29). The van der Waals surface area contributed by atoms with Crippen molar-refractivity contribution in [3.63, 3.8) is 0 Å². The summed E-state index contributed by atoms with van der Waals surface area (Å²) in [5, 5.41) is 5.62. The Kier molecular flexibility index (Phi) is 7.08. The van der Waals surface area contributed by atoms with E-state index in [1.807, 2.05) is 54.6 Å². The van der Waals surface area contributed by atoms with Gasteiger partial charge in [-0.15, -0.1) is 0 Å². The lowest BCUT2D eigenvalue weighted by Crippen LogP contribution is -2.27. The molecule has 160 valence electrons. The van der Waals surface area contributed by atoms with Crippen LogP contribution in [-0.2, 0) is 10.2 Å². The SMILES string of the molecule is CC(C)(C)c1ccc(C(=O)NCCC(=O)Nc2ccc(Oc3ccccc3)cc2)cc1. The lowest BCUT2D eigenvalue weighted by Gasteiger charge is -2.19. The normalized spacial score (nSPS) is 10.9. The topological polar surface area (TPSA) is 67.4 Å². The first-order valence-electron chi connectivity index (χ1n) is 10.3. The zero-order chi connectivity index (χ0) is 22.3. The van der Waals surface area contributed by atoms with E-state index in [9.17, 15) is 9.59 Å². The van der Waals surface area contributed by atoms with Crippen molar-refractivity contribution in [1.82, 2.24) is 5.32 Å². The van der Waals surface area contributed by atoms with E-state index < -0.39 is 0 Å². The summed E-state index contributed by atoms with van der Waals surface area (Å²) < 4.78 is 5.74. The fourth-order valence-electron chi connectivity index (χ4n) is 2.97. The summed E-state index contributed by atoms with van der Waals surface area (Å²) in [6.45, 7) is 6.65. The Morgan fingerprint density at radius 3 is 2.03 bits per heavy atom. The van der Waals surface area contributed by atoms with Crippen molar-refractivity contribution in [3.05, 3.63) is 90.0 Å². The van der Waals surface area contributed by atoms with Crippen LogP contribution in [0.2, 0.25) is 0 Å². The smallest absolute Gasteiger partial charge is 0.251 e. The molecule has 0 spiro atoms. The van der Waals surface area contributed by atoms with E-state index >= 15 is 0 Å². The highest BCUT2D eigenvalue weighted by Gasteiger charge is 2.14. The van der Waals surface area contributed by atoms with Crippen LogP contribution in [0.5, 0.6) is 11.5 Å². The van der Waals surface area contributed by atoms with Crippen LogP contribution in [0.1, 0.15) is 43.1 Å². The Hall–Kier alpha value is -3.60. The lowest BCUT2D eigenvalue weighted by atomic mass is 9.87. The van der Waals surface area contributed by atoms with Gasteiger partial charge in [-0.25, -0.2) is 0 Å². The number of hydrogen-bond donors (Lipinski definition) is 2. The van der Waals surface area contributed by atoms with Crippen LogP contribution in [0.4, 0.5) is 5.69 Å². The summed E-state index contributed by atoms with van der Waals surface area (Å²) in [6.07, 6.45) is 0.189. The highest BCUT2D eigenvalue weighted by molar-refractivity contribution is 5.95. The molecular weight excluding hydrogens is 388 g/mol. The molecular formula is C26H28N2O3. The molecule has 31 heavy (non-hydrogen) atoms. The second kappa shape index (κ2) is 9.94. The van der Waals surface area contributed by atoms with E-state index in [-0.39, 0.29) is 30.2 Å². The van der Waals surface area contributed by atoms with Gasteiger partial charge in [0.1, 0.15) is 11.5 Å². The number of hydrogen-bond acceptors (Lipinski definition) is 3. The largest absolute Gasteiger partial charge is 0.457 e. The van der Waals surface area contributed by atoms with E-state index in [4.69, 9.17) is 4.74 Å². The predicted molar refractivity (Wildman–Crippen MR) is 124 cm³/mol. The van der Waals surface area contributed by atoms with Gasteiger partial charge in [0, 0.05) is 24.2 Å². The van der Waals surface area contributed by atoms with Gasteiger partial charge in [-0.2, -0.15) is 0 Å². The van der Waals surface area contributed by atoms with E-state index in [0.29, 0.717) is 17.0 Å². The molecule has 3 aromatic carbocycles. The van der Waals surface area contributed by atoms with Gasteiger partial charge in [-0.1, -0.05) is 51.1 Å². The summed E-state index contributed by atoms with van der Waals surface area (Å²) in [5.41, 5.74) is 2.47. The quantitative estimate of drug-likeness (QED) is 0.532. The minimum atomic E-state index is -0.185. The molecule has 0 aliphatic rings. The highest BCUT2D eigenvalue weighted by Crippen LogP contribution is 2.23. The average Bonchev–Trinajstić information content (AvgIpc) is 2.75. The van der Waals surface area contributed by atoms with Gasteiger partial charge >= 0.3 is 0 Å². The van der Waals surface area contributed by atoms with Crippen LogP contribution >= 0.6 is 0 Å². The number of para-hydroxylation sites is 1. The second-order valence-corrected chi connectivity index (χ2v) is 8.32. The maximum Gasteiger partial charge on any atom is 0.251 e. The molecule has 0 saturated heterocycles. The Morgan fingerprint density at radius 2 is 1.42 bits per heavy atom. The van der Waals surface area contributed by atoms with Crippen LogP contribution in [0, 0.1) is 0 Å². The molecule has 0 aliphatic carbocycles. The maximum atomic E-state index is 12.3. The van der Waals surface area contributed by atoms with Crippen LogP contribution < -0.4 is 15.4 Å². The number of rotatable bonds is 7. The number of carbonyl (C=O) groups is 2. The molecule has 0 bridgehead atoms. The number of nitrogens with one attached hydrogen (secondary N) is 2. The van der Waals surface area contributed by atoms with Crippen LogP contribution in [0.3, 0.4) is 0 Å². The first-order valence-corrected chi connectivity index (χ1v) is 10.3. The van der Waals surface area contributed by atoms with Gasteiger partial charge in [0.05, 0.1) is 0 Å². The number of anilines is 1. The molecule has 0 radical (unpaired) electrons. The minimum Gasteiger partial charge on any atom is -0.457 e. The third-order valence-corrected chi connectivity index (χ3v) is 4.77. The lowest BCUT2D eigenvalue weighted by molar-refractivity contribution is -0.116. The zero-order valence-electron chi connectivity index (χ0n) is 18.1. The Morgan fingerprint density at radius 1 is 0.806 bits per heavy atom. The summed E-state index contributed by atoms with van der Waals surface area (Å²) in [7, 11) is 0. The molecule has 0 aromatic heterocycles. The van der Waals surface area contributed by atoms with Crippen molar-refractivity contribution in [1.29, 1.82) is 0 Å². The number of amides is 2. The number of carbonyl (C=O) groups excluding carboxylic acids is 2. The third-order valence-electron chi connectivity index (χ3n) is 4.77. The molecule has 0 saturated carbocycles. The van der Waals surface area contributed by atoms with Crippen molar-refractivity contribution in [3.8, 4) is 11.5 Å². The summed E-state index contributed by atoms with van der Waals surface area (Å²) in [4.78, 5) is 24.4. The summed E-state index contributed by atoms with van der Waals surface area (Å²) in [6, 6.07) is 24.2. The molecule has 0 fully saturated rings. The molecule has 5 heteroatoms. The summed E-state index contributed by atoms with van der Waals surface area (Å²) in [5.74, 6) is 1.09. The number of ether oxygens (including phenoxy) is 1. The van der Waals surface area contributed by atoms with Gasteiger partial charge in [0.2, 0.25) is 5.91 Å². The van der Waals surface area contributed by atoms with Crippen LogP contribution in [0.15, 0.2) is 78.9 Å². The Labute approximate surface area is 183 Å². The molecule has 0 aliphatic heterocycles. The van der Waals surface area contributed by atoms with Gasteiger partial charge in [0.15, 0.2) is 0 Å². The summed E-state index contributed by atoms with van der Waals surface area (Å²) >= 11 is 0. The molecule has 0 atom stereocenters. The van der Waals surface area contributed by atoms with Crippen molar-refractivity contribution < 1.29 is 14.3 Å². The molecule has 5 nitrogen and oxygen atoms in total. The van der Waals surface area contributed by atoms with E-state index in [0.717, 1.165) is 5.75 Å². The monoisotopic (exact) mass is 416 g/mol. The van der Waals surface area contributed by atoms with Crippen molar-refractivity contribution in [2.45, 2.75) is 32.6 Å². The van der Waals surface area contributed by atoms with E-state index in [1.54, 1.807) is 24.3 Å². The predicted octanol–water partition coefficient (Wildman–Crippen LogP) is 5.54. The van der Waals surface area contributed by atoms with Crippen LogP contribution in [0.25, 0.3) is 0 Å². The van der Waals surface area contributed by atoms with E-state index in [2.05, 4.69) is 31.4 Å². The molecule has 2 N–H and O–H groups in total. The molecule has 0 heterocycles. The molecule has 2 amide bonds. The zero-order valence-corrected chi connectivity index (χ0v) is 18.1. The fraction of sp³-hybridized carbons (Fsp3) is 0.231. The second-order valence-electron chi connectivity index (χ2n) is 8.32. The van der Waals surface area contributed by atoms with Crippen molar-refractivity contribution in [2.24, 2.45) is 0 Å². The van der Waals surface area contributed by atoms with Gasteiger partial charge in [-0.3, -0.25) is 9.59 Å². The maximum absolute atomic E-state index is 12.3. The highest BCUT2D eigenvalue weighted by atomic mass is 16.5. The number of benzene rings is 3.